The summed E-state index contributed by atoms with van der Waals surface area (Å²) in [7, 11) is 1.41. The zero-order chi connectivity index (χ0) is 19.8. The lowest BCUT2D eigenvalue weighted by Crippen LogP contribution is -2.24. The van der Waals surface area contributed by atoms with Gasteiger partial charge in [-0.15, -0.1) is 0 Å². The molecule has 28 heavy (non-hydrogen) atoms. The van der Waals surface area contributed by atoms with Crippen LogP contribution < -0.4 is 9.47 Å². The molecule has 1 atom stereocenters. The first-order valence-corrected chi connectivity index (χ1v) is 9.87. The summed E-state index contributed by atoms with van der Waals surface area (Å²) in [6.07, 6.45) is 5.20. The molecule has 0 bridgehead atoms. The van der Waals surface area contributed by atoms with Crippen LogP contribution in [0.2, 0.25) is 0 Å². The molecule has 0 spiro atoms. The molecule has 0 radical (unpaired) electrons. The molecule has 150 valence electrons. The van der Waals surface area contributed by atoms with E-state index in [2.05, 4.69) is 18.2 Å². The predicted molar refractivity (Wildman–Crippen MR) is 107 cm³/mol. The van der Waals surface area contributed by atoms with Gasteiger partial charge in [0, 0.05) is 20.0 Å². The van der Waals surface area contributed by atoms with Gasteiger partial charge < -0.3 is 19.3 Å². The maximum absolute atomic E-state index is 11.0. The fraction of sp³-hybridized carbons (Fsp3) is 0.435. The van der Waals surface area contributed by atoms with Gasteiger partial charge in [-0.05, 0) is 66.6 Å². The number of carbonyl (C=O) groups is 1. The minimum Gasteiger partial charge on any atom is -0.493 e. The van der Waals surface area contributed by atoms with Crippen LogP contribution in [0.25, 0.3) is 0 Å². The van der Waals surface area contributed by atoms with Crippen molar-refractivity contribution in [2.24, 2.45) is 0 Å². The molecule has 0 amide bonds. The van der Waals surface area contributed by atoms with Gasteiger partial charge in [0.05, 0.1) is 13.2 Å². The molecule has 5 heteroatoms. The Morgan fingerprint density at radius 2 is 1.61 bits per heavy atom. The standard InChI is InChI=1S/C23H28O5/c1-26-22(23(24)25)15-17-7-10-20(11-8-17)27-13-4-14-28-21-12-9-18-5-2-3-6-19(18)16-21/h7-12,16,22H,2-6,13-15H2,1H3,(H,24,25). The summed E-state index contributed by atoms with van der Waals surface area (Å²) in [6, 6.07) is 13.9. The molecule has 1 unspecified atom stereocenters. The zero-order valence-corrected chi connectivity index (χ0v) is 16.4. The Balaban J connectivity index is 1.38. The Hall–Kier alpha value is -2.53. The molecule has 0 aliphatic heterocycles. The molecule has 0 aromatic heterocycles. The third kappa shape index (κ3) is 5.73. The number of aryl methyl sites for hydroxylation is 2. The normalized spacial score (nSPS) is 14.2. The Kier molecular flexibility index (Phi) is 7.31. The summed E-state index contributed by atoms with van der Waals surface area (Å²) < 4.78 is 16.6. The summed E-state index contributed by atoms with van der Waals surface area (Å²) in [6.45, 7) is 1.19. The van der Waals surface area contributed by atoms with Gasteiger partial charge >= 0.3 is 5.97 Å². The second-order valence-corrected chi connectivity index (χ2v) is 7.10. The van der Waals surface area contributed by atoms with Crippen molar-refractivity contribution in [3.8, 4) is 11.5 Å². The van der Waals surface area contributed by atoms with Crippen molar-refractivity contribution in [3.05, 3.63) is 59.2 Å². The molecule has 0 heterocycles. The van der Waals surface area contributed by atoms with Gasteiger partial charge in [0.1, 0.15) is 11.5 Å². The SMILES string of the molecule is COC(Cc1ccc(OCCCOc2ccc3c(c2)CCCC3)cc1)C(=O)O. The van der Waals surface area contributed by atoms with Crippen LogP contribution in [-0.2, 0) is 28.8 Å². The van der Waals surface area contributed by atoms with E-state index in [1.807, 2.05) is 24.3 Å². The lowest BCUT2D eigenvalue weighted by molar-refractivity contribution is -0.148. The van der Waals surface area contributed by atoms with Crippen LogP contribution in [0.5, 0.6) is 11.5 Å². The van der Waals surface area contributed by atoms with Crippen LogP contribution in [0.3, 0.4) is 0 Å². The average molecular weight is 384 g/mol. The van der Waals surface area contributed by atoms with Crippen LogP contribution in [-0.4, -0.2) is 37.5 Å². The Bertz CT molecular complexity index is 769. The fourth-order valence-corrected chi connectivity index (χ4v) is 3.45. The van der Waals surface area contributed by atoms with Crippen molar-refractivity contribution in [1.29, 1.82) is 0 Å². The highest BCUT2D eigenvalue weighted by molar-refractivity contribution is 5.72. The van der Waals surface area contributed by atoms with Gasteiger partial charge in [-0.3, -0.25) is 0 Å². The highest BCUT2D eigenvalue weighted by Gasteiger charge is 2.16. The van der Waals surface area contributed by atoms with Crippen LogP contribution in [0.1, 0.15) is 36.0 Å². The third-order valence-corrected chi connectivity index (χ3v) is 5.05. The Morgan fingerprint density at radius 1 is 0.964 bits per heavy atom. The molecule has 0 fully saturated rings. The fourth-order valence-electron chi connectivity index (χ4n) is 3.45. The third-order valence-electron chi connectivity index (χ3n) is 5.05. The maximum Gasteiger partial charge on any atom is 0.333 e. The van der Waals surface area contributed by atoms with Crippen LogP contribution in [0.4, 0.5) is 0 Å². The highest BCUT2D eigenvalue weighted by atomic mass is 16.5. The summed E-state index contributed by atoms with van der Waals surface area (Å²) in [5, 5.41) is 9.03. The number of hydrogen-bond donors (Lipinski definition) is 1. The number of ether oxygens (including phenoxy) is 3. The minimum absolute atomic E-state index is 0.334. The van der Waals surface area contributed by atoms with E-state index in [1.54, 1.807) is 0 Å². The lowest BCUT2D eigenvalue weighted by atomic mass is 9.92. The molecule has 3 rings (SSSR count). The summed E-state index contributed by atoms with van der Waals surface area (Å²) in [5.41, 5.74) is 3.79. The van der Waals surface area contributed by atoms with E-state index in [0.717, 1.165) is 29.9 Å². The van der Waals surface area contributed by atoms with Gasteiger partial charge in [-0.1, -0.05) is 18.2 Å². The predicted octanol–water partition coefficient (Wildman–Crippen LogP) is 4.06. The first kappa shape index (κ1) is 20.2. The van der Waals surface area contributed by atoms with E-state index in [-0.39, 0.29) is 0 Å². The van der Waals surface area contributed by atoms with Gasteiger partial charge in [-0.2, -0.15) is 0 Å². The molecule has 0 saturated carbocycles. The molecular weight excluding hydrogens is 356 g/mol. The molecular formula is C23H28O5. The molecule has 2 aromatic carbocycles. The molecule has 1 aliphatic carbocycles. The zero-order valence-electron chi connectivity index (χ0n) is 16.4. The minimum atomic E-state index is -0.957. The lowest BCUT2D eigenvalue weighted by Gasteiger charge is -2.16. The largest absolute Gasteiger partial charge is 0.493 e. The van der Waals surface area contributed by atoms with E-state index in [1.165, 1.54) is 37.5 Å². The van der Waals surface area contributed by atoms with Crippen LogP contribution in [0.15, 0.2) is 42.5 Å². The first-order valence-electron chi connectivity index (χ1n) is 9.87. The second kappa shape index (κ2) is 10.1. The monoisotopic (exact) mass is 384 g/mol. The highest BCUT2D eigenvalue weighted by Crippen LogP contribution is 2.25. The maximum atomic E-state index is 11.0. The summed E-state index contributed by atoms with van der Waals surface area (Å²) in [4.78, 5) is 11.0. The van der Waals surface area contributed by atoms with E-state index < -0.39 is 12.1 Å². The quantitative estimate of drug-likeness (QED) is 0.626. The van der Waals surface area contributed by atoms with E-state index >= 15 is 0 Å². The van der Waals surface area contributed by atoms with Gasteiger partial charge in [-0.25, -0.2) is 4.79 Å². The molecule has 1 aliphatic rings. The molecule has 5 nitrogen and oxygen atoms in total. The van der Waals surface area contributed by atoms with E-state index in [9.17, 15) is 4.79 Å². The number of carboxylic acids is 1. The summed E-state index contributed by atoms with van der Waals surface area (Å²) >= 11 is 0. The second-order valence-electron chi connectivity index (χ2n) is 7.10. The number of methoxy groups -OCH3 is 1. The molecule has 2 aromatic rings. The van der Waals surface area contributed by atoms with Gasteiger partial charge in [0.2, 0.25) is 0 Å². The number of aliphatic carboxylic acids is 1. The number of rotatable bonds is 10. The topological polar surface area (TPSA) is 65.0 Å². The number of carboxylic acid groups (broad SMARTS) is 1. The van der Waals surface area contributed by atoms with E-state index in [0.29, 0.717) is 19.6 Å². The van der Waals surface area contributed by atoms with Crippen molar-refractivity contribution in [3.63, 3.8) is 0 Å². The number of fused-ring (bicyclic) bond motifs is 1. The first-order chi connectivity index (χ1) is 13.7. The van der Waals surface area contributed by atoms with Crippen LogP contribution in [0, 0.1) is 0 Å². The van der Waals surface area contributed by atoms with Crippen molar-refractivity contribution < 1.29 is 24.1 Å². The van der Waals surface area contributed by atoms with Crippen LogP contribution >= 0.6 is 0 Å². The molecule has 1 N–H and O–H groups in total. The number of hydrogen-bond acceptors (Lipinski definition) is 4. The van der Waals surface area contributed by atoms with Gasteiger partial charge in [0.25, 0.3) is 0 Å². The van der Waals surface area contributed by atoms with Crippen molar-refractivity contribution >= 4 is 5.97 Å². The Morgan fingerprint density at radius 3 is 2.29 bits per heavy atom. The number of benzene rings is 2. The van der Waals surface area contributed by atoms with E-state index in [4.69, 9.17) is 19.3 Å². The molecule has 0 saturated heterocycles. The van der Waals surface area contributed by atoms with Crippen molar-refractivity contribution in [2.45, 2.75) is 44.6 Å². The smallest absolute Gasteiger partial charge is 0.333 e. The van der Waals surface area contributed by atoms with Crippen molar-refractivity contribution in [2.75, 3.05) is 20.3 Å². The Labute approximate surface area is 166 Å². The van der Waals surface area contributed by atoms with Gasteiger partial charge in [0.15, 0.2) is 6.10 Å². The summed E-state index contributed by atoms with van der Waals surface area (Å²) in [5.74, 6) is 0.750. The van der Waals surface area contributed by atoms with Crippen molar-refractivity contribution in [1.82, 2.24) is 0 Å². The average Bonchev–Trinajstić information content (AvgIpc) is 2.72.